The standard InChI is InChI=1S/C35H54N6OS/c1-8-9-10-11-13-24-41(35(42)36-27(2)3)25-14-12-15-26-43-34-37-32(28-16-20-30(21-17-28)39(4)5)33(38-34)29-18-22-31(23-19-29)40(6)7/h16-23,27H,8-15,24-26H2,1-7H3,(H,36,42)(H,37,38). The summed E-state index contributed by atoms with van der Waals surface area (Å²) >= 11 is 1.78. The molecule has 43 heavy (non-hydrogen) atoms. The molecule has 0 aliphatic carbocycles. The number of hydrogen-bond donors (Lipinski definition) is 2. The Bertz CT molecular complexity index is 1150. The highest BCUT2D eigenvalue weighted by Gasteiger charge is 2.16. The van der Waals surface area contributed by atoms with Gasteiger partial charge in [-0.15, -0.1) is 0 Å². The van der Waals surface area contributed by atoms with Gasteiger partial charge in [-0.2, -0.15) is 0 Å². The van der Waals surface area contributed by atoms with E-state index in [-0.39, 0.29) is 12.1 Å². The second-order valence-corrected chi connectivity index (χ2v) is 13.1. The SMILES string of the molecule is CCCCCCCN(CCCCCSc1nc(-c2ccc(N(C)C)cc2)c(-c2ccc(N(C)C)cc2)[nH]1)C(=O)NC(C)C. The summed E-state index contributed by atoms with van der Waals surface area (Å²) < 4.78 is 0. The van der Waals surface area contributed by atoms with Crippen molar-refractivity contribution >= 4 is 29.2 Å². The smallest absolute Gasteiger partial charge is 0.317 e. The van der Waals surface area contributed by atoms with Crippen molar-refractivity contribution in [3.63, 3.8) is 0 Å². The number of nitrogens with one attached hydrogen (secondary N) is 2. The lowest BCUT2D eigenvalue weighted by Gasteiger charge is -2.24. The fourth-order valence-electron chi connectivity index (χ4n) is 4.99. The van der Waals surface area contributed by atoms with Gasteiger partial charge in [-0.05, 0) is 57.4 Å². The molecule has 236 valence electrons. The number of carbonyl (C=O) groups is 1. The molecule has 0 saturated carbocycles. The Morgan fingerprint density at radius 3 is 1.86 bits per heavy atom. The third kappa shape index (κ3) is 11.1. The third-order valence-electron chi connectivity index (χ3n) is 7.55. The number of imidazole rings is 1. The molecular formula is C35H54N6OS. The van der Waals surface area contributed by atoms with E-state index in [2.05, 4.69) is 104 Å². The zero-order chi connectivity index (χ0) is 31.2. The third-order valence-corrected chi connectivity index (χ3v) is 8.51. The Balaban J connectivity index is 1.60. The van der Waals surface area contributed by atoms with Crippen LogP contribution in [0.1, 0.15) is 72.1 Å². The Kier molecular flexibility index (Phi) is 14.3. The number of benzene rings is 2. The summed E-state index contributed by atoms with van der Waals surface area (Å²) in [6.07, 6.45) is 9.25. The van der Waals surface area contributed by atoms with Crippen LogP contribution >= 0.6 is 11.8 Å². The van der Waals surface area contributed by atoms with Crippen molar-refractivity contribution < 1.29 is 4.79 Å². The van der Waals surface area contributed by atoms with Crippen molar-refractivity contribution in [1.29, 1.82) is 0 Å². The molecular weight excluding hydrogens is 552 g/mol. The zero-order valence-electron chi connectivity index (χ0n) is 27.6. The number of carbonyl (C=O) groups excluding carboxylic acids is 1. The number of thioether (sulfide) groups is 1. The van der Waals surface area contributed by atoms with Gasteiger partial charge in [0.2, 0.25) is 0 Å². The maximum Gasteiger partial charge on any atom is 0.317 e. The molecule has 2 amide bonds. The van der Waals surface area contributed by atoms with E-state index < -0.39 is 0 Å². The van der Waals surface area contributed by atoms with Crippen molar-refractivity contribution in [2.75, 3.05) is 56.8 Å². The molecule has 7 nitrogen and oxygen atoms in total. The molecule has 0 radical (unpaired) electrons. The molecule has 3 aromatic rings. The summed E-state index contributed by atoms with van der Waals surface area (Å²) in [6, 6.07) is 17.5. The summed E-state index contributed by atoms with van der Waals surface area (Å²) in [5.41, 5.74) is 6.61. The van der Waals surface area contributed by atoms with Crippen LogP contribution in [0.2, 0.25) is 0 Å². The van der Waals surface area contributed by atoms with E-state index in [9.17, 15) is 4.79 Å². The van der Waals surface area contributed by atoms with E-state index in [4.69, 9.17) is 4.98 Å². The van der Waals surface area contributed by atoms with Gasteiger partial charge in [0.1, 0.15) is 0 Å². The quantitative estimate of drug-likeness (QED) is 0.112. The van der Waals surface area contributed by atoms with E-state index in [1.54, 1.807) is 11.8 Å². The van der Waals surface area contributed by atoms with Crippen LogP contribution in [0.5, 0.6) is 0 Å². The van der Waals surface area contributed by atoms with Gasteiger partial charge in [0, 0.05) is 75.6 Å². The number of unbranched alkanes of at least 4 members (excludes halogenated alkanes) is 6. The Morgan fingerprint density at radius 1 is 0.791 bits per heavy atom. The molecule has 0 bridgehead atoms. The van der Waals surface area contributed by atoms with E-state index in [0.29, 0.717) is 0 Å². The number of H-pyrrole nitrogens is 1. The van der Waals surface area contributed by atoms with Crippen LogP contribution in [-0.2, 0) is 0 Å². The molecule has 1 aromatic heterocycles. The second kappa shape index (κ2) is 17.9. The minimum absolute atomic E-state index is 0.0766. The van der Waals surface area contributed by atoms with Crippen molar-refractivity contribution in [3.8, 4) is 22.5 Å². The number of amides is 2. The van der Waals surface area contributed by atoms with Crippen molar-refractivity contribution in [2.24, 2.45) is 0 Å². The minimum Gasteiger partial charge on any atom is -0.378 e. The molecule has 0 aliphatic rings. The summed E-state index contributed by atoms with van der Waals surface area (Å²) in [6.45, 7) is 7.95. The summed E-state index contributed by atoms with van der Waals surface area (Å²) in [5.74, 6) is 0.987. The van der Waals surface area contributed by atoms with Gasteiger partial charge < -0.3 is 25.0 Å². The van der Waals surface area contributed by atoms with E-state index >= 15 is 0 Å². The lowest BCUT2D eigenvalue weighted by Crippen LogP contribution is -2.43. The molecule has 8 heteroatoms. The fourth-order valence-corrected chi connectivity index (χ4v) is 5.86. The van der Waals surface area contributed by atoms with Gasteiger partial charge >= 0.3 is 6.03 Å². The van der Waals surface area contributed by atoms with Gasteiger partial charge in [-0.25, -0.2) is 9.78 Å². The highest BCUT2D eigenvalue weighted by molar-refractivity contribution is 7.99. The second-order valence-electron chi connectivity index (χ2n) is 12.1. The maximum atomic E-state index is 12.7. The molecule has 0 aliphatic heterocycles. The molecule has 0 fully saturated rings. The molecule has 2 N–H and O–H groups in total. The van der Waals surface area contributed by atoms with Crippen LogP contribution < -0.4 is 15.1 Å². The number of hydrogen-bond acceptors (Lipinski definition) is 5. The Morgan fingerprint density at radius 2 is 1.33 bits per heavy atom. The monoisotopic (exact) mass is 606 g/mol. The molecule has 2 aromatic carbocycles. The lowest BCUT2D eigenvalue weighted by atomic mass is 10.0. The molecule has 0 saturated heterocycles. The van der Waals surface area contributed by atoms with E-state index in [0.717, 1.165) is 72.2 Å². The topological polar surface area (TPSA) is 67.5 Å². The van der Waals surface area contributed by atoms with Crippen LogP contribution in [0.25, 0.3) is 22.5 Å². The molecule has 0 spiro atoms. The van der Waals surface area contributed by atoms with Crippen LogP contribution in [0.4, 0.5) is 16.2 Å². The fraction of sp³-hybridized carbons (Fsp3) is 0.543. The van der Waals surface area contributed by atoms with Crippen molar-refractivity contribution in [3.05, 3.63) is 48.5 Å². The van der Waals surface area contributed by atoms with Gasteiger partial charge in [0.05, 0.1) is 11.4 Å². The summed E-state index contributed by atoms with van der Waals surface area (Å²) in [4.78, 5) is 27.7. The Labute approximate surface area is 264 Å². The average molecular weight is 607 g/mol. The highest BCUT2D eigenvalue weighted by Crippen LogP contribution is 2.34. The first-order valence-electron chi connectivity index (χ1n) is 16.0. The van der Waals surface area contributed by atoms with Gasteiger partial charge in [0.15, 0.2) is 5.16 Å². The number of aromatic nitrogens is 2. The van der Waals surface area contributed by atoms with Crippen molar-refractivity contribution in [1.82, 2.24) is 20.2 Å². The van der Waals surface area contributed by atoms with Crippen LogP contribution in [0.3, 0.4) is 0 Å². The zero-order valence-corrected chi connectivity index (χ0v) is 28.4. The van der Waals surface area contributed by atoms with Gasteiger partial charge in [-0.3, -0.25) is 0 Å². The van der Waals surface area contributed by atoms with E-state index in [1.807, 2.05) is 18.7 Å². The first kappa shape index (κ1) is 34.4. The Hall–Kier alpha value is -3.13. The highest BCUT2D eigenvalue weighted by atomic mass is 32.2. The van der Waals surface area contributed by atoms with Crippen LogP contribution in [0.15, 0.2) is 53.7 Å². The van der Waals surface area contributed by atoms with Crippen LogP contribution in [-0.4, -0.2) is 74.0 Å². The summed E-state index contributed by atoms with van der Waals surface area (Å²) in [7, 11) is 8.24. The molecule has 0 atom stereocenters. The normalized spacial score (nSPS) is 11.2. The predicted octanol–water partition coefficient (Wildman–Crippen LogP) is 8.53. The largest absolute Gasteiger partial charge is 0.378 e. The number of nitrogens with zero attached hydrogens (tertiary/aromatic N) is 4. The van der Waals surface area contributed by atoms with E-state index in [1.165, 1.54) is 37.1 Å². The maximum absolute atomic E-state index is 12.7. The first-order chi connectivity index (χ1) is 20.7. The number of urea groups is 1. The first-order valence-corrected chi connectivity index (χ1v) is 17.0. The number of anilines is 2. The minimum atomic E-state index is 0.0766. The molecule has 3 rings (SSSR count). The number of aromatic amines is 1. The summed E-state index contributed by atoms with van der Waals surface area (Å²) in [5, 5.41) is 4.03. The van der Waals surface area contributed by atoms with Crippen molar-refractivity contribution in [2.45, 2.75) is 83.3 Å². The van der Waals surface area contributed by atoms with Gasteiger partial charge in [0.25, 0.3) is 0 Å². The average Bonchev–Trinajstić information content (AvgIpc) is 3.41. The van der Waals surface area contributed by atoms with Crippen LogP contribution in [0, 0.1) is 0 Å². The molecule has 1 heterocycles. The predicted molar refractivity (Wildman–Crippen MR) is 187 cm³/mol. The number of rotatable bonds is 18. The lowest BCUT2D eigenvalue weighted by molar-refractivity contribution is 0.192. The van der Waals surface area contributed by atoms with Gasteiger partial charge in [-0.1, -0.05) is 75.1 Å². The molecule has 0 unspecified atom stereocenters.